The lowest BCUT2D eigenvalue weighted by molar-refractivity contribution is -0.146. The molecule has 2 heterocycles. The molecule has 4 unspecified atom stereocenters. The Kier molecular flexibility index (Phi) is 12.3. The highest BCUT2D eigenvalue weighted by Crippen LogP contribution is 2.60. The molecular formula is C41H51ClN2O3. The van der Waals surface area contributed by atoms with Crippen LogP contribution < -0.4 is 5.32 Å². The van der Waals surface area contributed by atoms with Crippen LogP contribution in [0.25, 0.3) is 0 Å². The molecular weight excluding hydrogens is 604 g/mol. The van der Waals surface area contributed by atoms with Crippen LogP contribution in [-0.2, 0) is 15.1 Å². The molecule has 5 nitrogen and oxygen atoms in total. The maximum absolute atomic E-state index is 14.8. The molecule has 2 amide bonds. The molecule has 4 atom stereocenters. The zero-order valence-electron chi connectivity index (χ0n) is 28.2. The van der Waals surface area contributed by atoms with Crippen molar-refractivity contribution in [2.45, 2.75) is 121 Å². The SMILES string of the molecule is CCCCCCCCCCCCCC(=O)N1C(CCC)C(c2ccc(Cl)cc2)C(C(=O)c2ccccc2)C12C(=O)Nc1ccccc12. The van der Waals surface area contributed by atoms with Crippen LogP contribution in [0, 0.1) is 5.92 Å². The van der Waals surface area contributed by atoms with Crippen molar-refractivity contribution in [2.75, 3.05) is 5.32 Å². The first-order chi connectivity index (χ1) is 22.9. The van der Waals surface area contributed by atoms with E-state index in [2.05, 4.69) is 19.2 Å². The number of nitrogens with one attached hydrogen (secondary N) is 1. The van der Waals surface area contributed by atoms with E-state index >= 15 is 0 Å². The Morgan fingerprint density at radius 3 is 1.98 bits per heavy atom. The van der Waals surface area contributed by atoms with Gasteiger partial charge in [0.1, 0.15) is 0 Å². The molecule has 5 rings (SSSR count). The Hall–Kier alpha value is -3.44. The number of fused-ring (bicyclic) bond motifs is 2. The third-order valence-electron chi connectivity index (χ3n) is 10.3. The van der Waals surface area contributed by atoms with Crippen molar-refractivity contribution >= 4 is 34.9 Å². The Balaban J connectivity index is 1.47. The van der Waals surface area contributed by atoms with Crippen LogP contribution in [0.2, 0.25) is 5.02 Å². The predicted molar refractivity (Wildman–Crippen MR) is 192 cm³/mol. The van der Waals surface area contributed by atoms with E-state index in [1.807, 2.05) is 83.8 Å². The van der Waals surface area contributed by atoms with Gasteiger partial charge in [0.2, 0.25) is 5.91 Å². The van der Waals surface area contributed by atoms with E-state index in [1.165, 1.54) is 51.4 Å². The van der Waals surface area contributed by atoms with Gasteiger partial charge in [-0.1, -0.05) is 157 Å². The van der Waals surface area contributed by atoms with Gasteiger partial charge in [-0.25, -0.2) is 0 Å². The Morgan fingerprint density at radius 2 is 1.34 bits per heavy atom. The van der Waals surface area contributed by atoms with Crippen molar-refractivity contribution in [1.82, 2.24) is 4.90 Å². The Morgan fingerprint density at radius 1 is 0.745 bits per heavy atom. The van der Waals surface area contributed by atoms with Crippen molar-refractivity contribution in [3.05, 3.63) is 101 Å². The maximum atomic E-state index is 14.8. The highest BCUT2D eigenvalue weighted by Gasteiger charge is 2.69. The first kappa shape index (κ1) is 34.9. The number of benzene rings is 3. The number of hydrogen-bond acceptors (Lipinski definition) is 3. The van der Waals surface area contributed by atoms with Gasteiger partial charge in [-0.05, 0) is 36.6 Å². The van der Waals surface area contributed by atoms with Gasteiger partial charge in [-0.15, -0.1) is 0 Å². The molecule has 1 fully saturated rings. The zero-order chi connectivity index (χ0) is 33.2. The van der Waals surface area contributed by atoms with Gasteiger partial charge in [-0.2, -0.15) is 0 Å². The molecule has 0 aliphatic carbocycles. The van der Waals surface area contributed by atoms with Crippen molar-refractivity contribution < 1.29 is 14.4 Å². The summed E-state index contributed by atoms with van der Waals surface area (Å²) < 4.78 is 0. The topological polar surface area (TPSA) is 66.5 Å². The van der Waals surface area contributed by atoms with Crippen molar-refractivity contribution in [1.29, 1.82) is 0 Å². The molecule has 0 radical (unpaired) electrons. The van der Waals surface area contributed by atoms with E-state index in [4.69, 9.17) is 11.6 Å². The maximum Gasteiger partial charge on any atom is 0.255 e. The third-order valence-corrected chi connectivity index (χ3v) is 10.6. The number of rotatable bonds is 17. The molecule has 1 saturated heterocycles. The molecule has 3 aromatic carbocycles. The monoisotopic (exact) mass is 654 g/mol. The van der Waals surface area contributed by atoms with Crippen molar-refractivity contribution in [3.8, 4) is 0 Å². The number of amides is 2. The van der Waals surface area contributed by atoms with Crippen LogP contribution in [-0.4, -0.2) is 28.5 Å². The second kappa shape index (κ2) is 16.6. The average Bonchev–Trinajstić information content (AvgIpc) is 3.55. The van der Waals surface area contributed by atoms with Crippen LogP contribution in [0.3, 0.4) is 0 Å². The molecule has 3 aromatic rings. The number of unbranched alkanes of at least 4 members (excludes halogenated alkanes) is 10. The molecule has 2 aliphatic heterocycles. The summed E-state index contributed by atoms with van der Waals surface area (Å²) in [6.07, 6.45) is 15.0. The van der Waals surface area contributed by atoms with Gasteiger partial charge in [0.25, 0.3) is 5.91 Å². The molecule has 0 aromatic heterocycles. The van der Waals surface area contributed by atoms with Crippen LogP contribution in [0.15, 0.2) is 78.9 Å². The summed E-state index contributed by atoms with van der Waals surface area (Å²) in [5.41, 5.74) is 1.39. The first-order valence-electron chi connectivity index (χ1n) is 18.0. The highest BCUT2D eigenvalue weighted by atomic mass is 35.5. The summed E-state index contributed by atoms with van der Waals surface area (Å²) in [6.45, 7) is 4.35. The Labute approximate surface area is 286 Å². The number of carbonyl (C=O) groups excluding carboxylic acids is 3. The smallest absolute Gasteiger partial charge is 0.255 e. The summed E-state index contributed by atoms with van der Waals surface area (Å²) in [5.74, 6) is -1.67. The minimum Gasteiger partial charge on any atom is -0.323 e. The molecule has 1 spiro atoms. The van der Waals surface area contributed by atoms with Gasteiger partial charge in [-0.3, -0.25) is 14.4 Å². The van der Waals surface area contributed by atoms with Gasteiger partial charge < -0.3 is 10.2 Å². The number of ketones is 1. The van der Waals surface area contributed by atoms with Crippen LogP contribution >= 0.6 is 11.6 Å². The number of Topliss-reactive ketones (excluding diaryl/α,β-unsaturated/α-hetero) is 1. The van der Waals surface area contributed by atoms with E-state index in [0.29, 0.717) is 34.7 Å². The summed E-state index contributed by atoms with van der Waals surface area (Å²) >= 11 is 6.34. The predicted octanol–water partition coefficient (Wildman–Crippen LogP) is 10.5. The average molecular weight is 655 g/mol. The number of hydrogen-bond donors (Lipinski definition) is 1. The summed E-state index contributed by atoms with van der Waals surface area (Å²) in [7, 11) is 0. The van der Waals surface area contributed by atoms with Gasteiger partial charge in [0, 0.05) is 40.2 Å². The number of para-hydroxylation sites is 1. The van der Waals surface area contributed by atoms with Crippen molar-refractivity contribution in [2.24, 2.45) is 5.92 Å². The third kappa shape index (κ3) is 7.36. The van der Waals surface area contributed by atoms with Crippen LogP contribution in [0.4, 0.5) is 5.69 Å². The molecule has 1 N–H and O–H groups in total. The number of carbonyl (C=O) groups is 3. The van der Waals surface area contributed by atoms with Gasteiger partial charge in [0.05, 0.1) is 5.92 Å². The number of likely N-dealkylation sites (tertiary alicyclic amines) is 1. The summed E-state index contributed by atoms with van der Waals surface area (Å²) in [5, 5.41) is 3.71. The number of halogens is 1. The molecule has 0 bridgehead atoms. The summed E-state index contributed by atoms with van der Waals surface area (Å²) in [4.78, 5) is 45.9. The molecule has 250 valence electrons. The van der Waals surface area contributed by atoms with Crippen LogP contribution in [0.1, 0.15) is 131 Å². The standard InChI is InChI=1S/C41H51ClN2O3/c1-3-5-6-7-8-9-10-11-12-13-17-25-36(45)44-35(20-4-2)37(30-26-28-32(42)29-27-30)38(39(46)31-21-15-14-16-22-31)41(44)33-23-18-19-24-34(33)43-40(41)47/h14-16,18-19,21-24,26-29,35,37-38H,3-13,17,20,25H2,1-2H3,(H,43,47). The minimum atomic E-state index is -1.46. The van der Waals surface area contributed by atoms with Crippen molar-refractivity contribution in [3.63, 3.8) is 0 Å². The lowest BCUT2D eigenvalue weighted by Crippen LogP contribution is -2.56. The quantitative estimate of drug-likeness (QED) is 0.116. The first-order valence-corrected chi connectivity index (χ1v) is 18.4. The number of nitrogens with zero attached hydrogens (tertiary/aromatic N) is 1. The lowest BCUT2D eigenvalue weighted by Gasteiger charge is -2.39. The number of anilines is 1. The summed E-state index contributed by atoms with van der Waals surface area (Å²) in [6, 6.07) is 24.1. The fourth-order valence-corrected chi connectivity index (χ4v) is 8.27. The lowest BCUT2D eigenvalue weighted by atomic mass is 9.69. The molecule has 2 aliphatic rings. The van der Waals surface area contributed by atoms with E-state index in [9.17, 15) is 14.4 Å². The van der Waals surface area contributed by atoms with Gasteiger partial charge >= 0.3 is 0 Å². The highest BCUT2D eigenvalue weighted by molar-refractivity contribution is 6.30. The molecule has 6 heteroatoms. The Bertz CT molecular complexity index is 1490. The molecule has 0 saturated carbocycles. The van der Waals surface area contributed by atoms with E-state index in [0.717, 1.165) is 31.2 Å². The zero-order valence-corrected chi connectivity index (χ0v) is 28.9. The second-order valence-corrected chi connectivity index (χ2v) is 13.9. The minimum absolute atomic E-state index is 0.0476. The van der Waals surface area contributed by atoms with Gasteiger partial charge in [0.15, 0.2) is 11.3 Å². The largest absolute Gasteiger partial charge is 0.323 e. The second-order valence-electron chi connectivity index (χ2n) is 13.5. The normalized spacial score (nSPS) is 21.6. The van der Waals surface area contributed by atoms with E-state index in [-0.39, 0.29) is 23.6 Å². The fraction of sp³-hybridized carbons (Fsp3) is 0.488. The fourth-order valence-electron chi connectivity index (χ4n) is 8.15. The van der Waals surface area contributed by atoms with Crippen LogP contribution in [0.5, 0.6) is 0 Å². The molecule has 47 heavy (non-hydrogen) atoms. The van der Waals surface area contributed by atoms with E-state index < -0.39 is 17.4 Å². The van der Waals surface area contributed by atoms with E-state index in [1.54, 1.807) is 0 Å².